The van der Waals surface area contributed by atoms with Gasteiger partial charge in [-0.3, -0.25) is 9.59 Å². The van der Waals surface area contributed by atoms with Crippen molar-refractivity contribution < 1.29 is 22.8 Å². The third-order valence-electron chi connectivity index (χ3n) is 4.25. The van der Waals surface area contributed by atoms with E-state index in [1.54, 1.807) is 24.3 Å². The highest BCUT2D eigenvalue weighted by Gasteiger charge is 2.47. The van der Waals surface area contributed by atoms with Gasteiger partial charge in [-0.15, -0.1) is 0 Å². The van der Waals surface area contributed by atoms with Crippen molar-refractivity contribution >= 4 is 45.9 Å². The molecule has 0 aromatic heterocycles. The number of halogens is 4. The normalized spacial score (nSPS) is 19.4. The molecule has 2 aromatic carbocycles. The van der Waals surface area contributed by atoms with E-state index in [-0.39, 0.29) is 11.3 Å². The monoisotopic (exact) mass is 422 g/mol. The van der Waals surface area contributed by atoms with Gasteiger partial charge in [0.2, 0.25) is 0 Å². The lowest BCUT2D eigenvalue weighted by Gasteiger charge is -2.16. The molecule has 142 valence electrons. The molecule has 2 heterocycles. The molecule has 1 fully saturated rings. The van der Waals surface area contributed by atoms with E-state index < -0.39 is 28.8 Å². The van der Waals surface area contributed by atoms with Crippen LogP contribution in [0.3, 0.4) is 0 Å². The largest absolute Gasteiger partial charge is 0.416 e. The van der Waals surface area contributed by atoms with Crippen LogP contribution in [0.5, 0.6) is 0 Å². The van der Waals surface area contributed by atoms with Gasteiger partial charge in [0.25, 0.3) is 11.8 Å². The molecular formula is C19H10ClF3N2O2S. The number of hydrogen-bond donors (Lipinski definition) is 0. The summed E-state index contributed by atoms with van der Waals surface area (Å²) in [5, 5.41) is 0.215. The Morgan fingerprint density at radius 1 is 1.07 bits per heavy atom. The van der Waals surface area contributed by atoms with Crippen LogP contribution in [0.15, 0.2) is 65.3 Å². The molecule has 2 aliphatic rings. The molecule has 0 saturated carbocycles. The minimum Gasteiger partial charge on any atom is -0.272 e. The average Bonchev–Trinajstić information content (AvgIpc) is 2.92. The fourth-order valence-corrected chi connectivity index (χ4v) is 4.13. The molecule has 1 atom stereocenters. The van der Waals surface area contributed by atoms with Crippen LogP contribution in [0.25, 0.3) is 0 Å². The van der Waals surface area contributed by atoms with Gasteiger partial charge >= 0.3 is 6.18 Å². The van der Waals surface area contributed by atoms with Crippen molar-refractivity contribution in [2.75, 3.05) is 4.90 Å². The van der Waals surface area contributed by atoms with Gasteiger partial charge in [-0.1, -0.05) is 41.6 Å². The summed E-state index contributed by atoms with van der Waals surface area (Å²) in [6.07, 6.45) is -3.27. The number of imide groups is 1. The Balaban J connectivity index is 1.65. The standard InChI is InChI=1S/C19H10ClF3N2O2S/c20-12-6-4-10(5-7-12)16-24-9-14-15(28-16)18(27)25(17(14)26)13-3-1-2-11(8-13)19(21,22)23/h1-9,15H. The zero-order chi connectivity index (χ0) is 20.1. The number of hydrogen-bond acceptors (Lipinski definition) is 4. The smallest absolute Gasteiger partial charge is 0.272 e. The Bertz CT molecular complexity index is 1050. The first-order chi connectivity index (χ1) is 13.3. The Morgan fingerprint density at radius 2 is 1.79 bits per heavy atom. The number of carbonyl (C=O) groups excluding carboxylic acids is 2. The predicted octanol–water partition coefficient (Wildman–Crippen LogP) is 4.68. The number of thioether (sulfide) groups is 1. The number of aliphatic imine (C=N–C) groups is 1. The molecular weight excluding hydrogens is 413 g/mol. The van der Waals surface area contributed by atoms with Crippen molar-refractivity contribution in [1.29, 1.82) is 0 Å². The molecule has 0 aliphatic carbocycles. The topological polar surface area (TPSA) is 49.7 Å². The van der Waals surface area contributed by atoms with Crippen molar-refractivity contribution in [2.24, 2.45) is 4.99 Å². The van der Waals surface area contributed by atoms with Crippen LogP contribution in [0.2, 0.25) is 5.02 Å². The second-order valence-corrected chi connectivity index (χ2v) is 7.58. The molecule has 2 amide bonds. The van der Waals surface area contributed by atoms with Gasteiger partial charge in [0.15, 0.2) is 0 Å². The third kappa shape index (κ3) is 3.22. The summed E-state index contributed by atoms with van der Waals surface area (Å²) in [5.41, 5.74) is -0.179. The van der Waals surface area contributed by atoms with Gasteiger partial charge in [0.1, 0.15) is 10.3 Å². The van der Waals surface area contributed by atoms with Crippen LogP contribution in [-0.4, -0.2) is 22.1 Å². The Morgan fingerprint density at radius 3 is 2.46 bits per heavy atom. The number of amides is 2. The maximum Gasteiger partial charge on any atom is 0.416 e. The Kier molecular flexibility index (Phi) is 4.55. The first-order valence-electron chi connectivity index (χ1n) is 8.02. The number of fused-ring (bicyclic) bond motifs is 1. The lowest BCUT2D eigenvalue weighted by atomic mass is 10.2. The summed E-state index contributed by atoms with van der Waals surface area (Å²) in [5.74, 6) is -1.26. The molecule has 1 saturated heterocycles. The zero-order valence-electron chi connectivity index (χ0n) is 13.9. The van der Waals surface area contributed by atoms with E-state index in [0.717, 1.165) is 40.4 Å². The molecule has 0 radical (unpaired) electrons. The molecule has 28 heavy (non-hydrogen) atoms. The van der Waals surface area contributed by atoms with E-state index in [1.807, 2.05) is 0 Å². The zero-order valence-corrected chi connectivity index (χ0v) is 15.5. The minimum absolute atomic E-state index is 0.117. The molecule has 0 N–H and O–H groups in total. The van der Waals surface area contributed by atoms with E-state index >= 15 is 0 Å². The average molecular weight is 423 g/mol. The Labute approximate surface area is 166 Å². The van der Waals surface area contributed by atoms with Crippen LogP contribution in [-0.2, 0) is 15.8 Å². The fourth-order valence-electron chi connectivity index (χ4n) is 2.90. The van der Waals surface area contributed by atoms with Gasteiger partial charge in [0, 0.05) is 16.8 Å². The molecule has 4 rings (SSSR count). The number of nitrogens with zero attached hydrogens (tertiary/aromatic N) is 2. The summed E-state index contributed by atoms with van der Waals surface area (Å²) in [4.78, 5) is 30.5. The maximum atomic E-state index is 13.0. The number of rotatable bonds is 2. The fraction of sp³-hybridized carbons (Fsp3) is 0.105. The second-order valence-electron chi connectivity index (χ2n) is 6.05. The summed E-state index contributed by atoms with van der Waals surface area (Å²) in [6, 6.07) is 11.0. The van der Waals surface area contributed by atoms with Crippen LogP contribution in [0.4, 0.5) is 18.9 Å². The third-order valence-corrected chi connectivity index (χ3v) is 5.76. The van der Waals surface area contributed by atoms with Gasteiger partial charge < -0.3 is 0 Å². The number of benzene rings is 2. The molecule has 0 spiro atoms. The summed E-state index contributed by atoms with van der Waals surface area (Å²) in [6.45, 7) is 0. The lowest BCUT2D eigenvalue weighted by Crippen LogP contribution is -2.31. The molecule has 2 aliphatic heterocycles. The molecule has 9 heteroatoms. The van der Waals surface area contributed by atoms with Crippen LogP contribution >= 0.6 is 23.4 Å². The Hall–Kier alpha value is -2.58. The SMILES string of the molecule is O=C1C2=CN=C(c3ccc(Cl)cc3)SC2C(=O)N1c1cccc(C(F)(F)F)c1. The van der Waals surface area contributed by atoms with E-state index in [1.165, 1.54) is 12.3 Å². The van der Waals surface area contributed by atoms with E-state index in [4.69, 9.17) is 11.6 Å². The number of anilines is 1. The predicted molar refractivity (Wildman–Crippen MR) is 101 cm³/mol. The molecule has 0 bridgehead atoms. The second kappa shape index (κ2) is 6.79. The highest BCUT2D eigenvalue weighted by molar-refractivity contribution is 8.15. The molecule has 4 nitrogen and oxygen atoms in total. The van der Waals surface area contributed by atoms with Gasteiger partial charge in [-0.05, 0) is 30.3 Å². The van der Waals surface area contributed by atoms with Crippen LogP contribution in [0, 0.1) is 0 Å². The first kappa shape index (κ1) is 18.8. The van der Waals surface area contributed by atoms with Crippen molar-refractivity contribution in [3.05, 3.63) is 76.5 Å². The first-order valence-corrected chi connectivity index (χ1v) is 9.27. The number of carbonyl (C=O) groups is 2. The van der Waals surface area contributed by atoms with Crippen molar-refractivity contribution in [2.45, 2.75) is 11.4 Å². The van der Waals surface area contributed by atoms with E-state index in [0.29, 0.717) is 10.1 Å². The molecule has 1 unspecified atom stereocenters. The van der Waals surface area contributed by atoms with E-state index in [9.17, 15) is 22.8 Å². The van der Waals surface area contributed by atoms with Crippen LogP contribution in [0.1, 0.15) is 11.1 Å². The van der Waals surface area contributed by atoms with E-state index in [2.05, 4.69) is 4.99 Å². The van der Waals surface area contributed by atoms with Crippen molar-refractivity contribution in [3.8, 4) is 0 Å². The van der Waals surface area contributed by atoms with Gasteiger partial charge in [-0.25, -0.2) is 9.89 Å². The van der Waals surface area contributed by atoms with Gasteiger partial charge in [0.05, 0.1) is 16.8 Å². The summed E-state index contributed by atoms with van der Waals surface area (Å²) in [7, 11) is 0. The summed E-state index contributed by atoms with van der Waals surface area (Å²) >= 11 is 6.96. The maximum absolute atomic E-state index is 13.0. The van der Waals surface area contributed by atoms with Crippen LogP contribution < -0.4 is 4.90 Å². The number of alkyl halides is 3. The van der Waals surface area contributed by atoms with Gasteiger partial charge in [-0.2, -0.15) is 13.2 Å². The summed E-state index contributed by atoms with van der Waals surface area (Å²) < 4.78 is 38.9. The highest BCUT2D eigenvalue weighted by atomic mass is 35.5. The lowest BCUT2D eigenvalue weighted by molar-refractivity contribution is -0.137. The minimum atomic E-state index is -4.58. The highest BCUT2D eigenvalue weighted by Crippen LogP contribution is 2.39. The molecule has 2 aromatic rings. The van der Waals surface area contributed by atoms with Crippen molar-refractivity contribution in [1.82, 2.24) is 0 Å². The van der Waals surface area contributed by atoms with Crippen molar-refractivity contribution in [3.63, 3.8) is 0 Å². The quantitative estimate of drug-likeness (QED) is 0.660.